The molecule has 0 fully saturated rings. The predicted molar refractivity (Wildman–Crippen MR) is 109 cm³/mol. The van der Waals surface area contributed by atoms with Crippen LogP contribution in [0.15, 0.2) is 54.7 Å². The summed E-state index contributed by atoms with van der Waals surface area (Å²) in [6.45, 7) is 9.51. The molecule has 1 nitrogen and oxygen atoms in total. The highest BCUT2D eigenvalue weighted by atomic mass is 28.3. The molecule has 0 aliphatic carbocycles. The zero-order valence-corrected chi connectivity index (χ0v) is 16.3. The van der Waals surface area contributed by atoms with Gasteiger partial charge in [0.1, 0.15) is 0 Å². The Kier molecular flexibility index (Phi) is 4.86. The van der Waals surface area contributed by atoms with Gasteiger partial charge in [-0.1, -0.05) is 75.5 Å². The van der Waals surface area contributed by atoms with Crippen molar-refractivity contribution in [2.24, 2.45) is 0 Å². The standard InChI is InChI=1S/C22H27NSi/c1-5-6-10-18-15-21(23-16-22(18)24(2,3)4)20-14-9-12-17-11-7-8-13-19(17)20/h7-9,11-16H,5-6,10H2,1-4H3. The van der Waals surface area contributed by atoms with E-state index in [4.69, 9.17) is 4.98 Å². The summed E-state index contributed by atoms with van der Waals surface area (Å²) in [7, 11) is -1.37. The SMILES string of the molecule is CCCCc1cc(-c2cccc3ccccc23)ncc1[Si](C)(C)C. The Hall–Kier alpha value is -1.93. The number of nitrogens with zero attached hydrogens (tertiary/aromatic N) is 1. The number of pyridine rings is 1. The van der Waals surface area contributed by atoms with E-state index in [1.54, 1.807) is 0 Å². The summed E-state index contributed by atoms with van der Waals surface area (Å²) in [5.41, 5.74) is 3.86. The van der Waals surface area contributed by atoms with E-state index in [1.807, 2.05) is 0 Å². The molecule has 2 heteroatoms. The first kappa shape index (κ1) is 16.9. The van der Waals surface area contributed by atoms with Crippen molar-refractivity contribution in [2.45, 2.75) is 45.8 Å². The molecule has 0 amide bonds. The normalized spacial score (nSPS) is 11.8. The van der Waals surface area contributed by atoms with E-state index in [1.165, 1.54) is 39.9 Å². The van der Waals surface area contributed by atoms with Crippen molar-refractivity contribution in [1.29, 1.82) is 0 Å². The van der Waals surface area contributed by atoms with Crippen LogP contribution >= 0.6 is 0 Å². The van der Waals surface area contributed by atoms with E-state index in [9.17, 15) is 0 Å². The maximum absolute atomic E-state index is 4.87. The molecule has 24 heavy (non-hydrogen) atoms. The largest absolute Gasteiger partial charge is 0.256 e. The van der Waals surface area contributed by atoms with Crippen molar-refractivity contribution in [3.63, 3.8) is 0 Å². The molecule has 0 aliphatic rings. The van der Waals surface area contributed by atoms with E-state index >= 15 is 0 Å². The second-order valence-electron chi connectivity index (χ2n) is 7.61. The summed E-state index contributed by atoms with van der Waals surface area (Å²) in [5.74, 6) is 0. The first-order chi connectivity index (χ1) is 11.5. The summed E-state index contributed by atoms with van der Waals surface area (Å²) in [5, 5.41) is 4.08. The molecular weight excluding hydrogens is 306 g/mol. The number of unbranched alkanes of at least 4 members (excludes halogenated alkanes) is 1. The highest BCUT2D eigenvalue weighted by Crippen LogP contribution is 2.28. The van der Waals surface area contributed by atoms with Gasteiger partial charge in [0.05, 0.1) is 13.8 Å². The fourth-order valence-corrected chi connectivity index (χ4v) is 4.95. The van der Waals surface area contributed by atoms with Gasteiger partial charge in [-0.25, -0.2) is 0 Å². The fourth-order valence-electron chi connectivity index (χ4n) is 3.34. The van der Waals surface area contributed by atoms with E-state index in [-0.39, 0.29) is 0 Å². The lowest BCUT2D eigenvalue weighted by molar-refractivity contribution is 0.796. The van der Waals surface area contributed by atoms with Crippen LogP contribution in [0.1, 0.15) is 25.3 Å². The second-order valence-corrected chi connectivity index (χ2v) is 12.6. The molecule has 3 rings (SSSR count). The highest BCUT2D eigenvalue weighted by Gasteiger charge is 2.21. The van der Waals surface area contributed by atoms with Gasteiger partial charge in [0, 0.05) is 11.8 Å². The number of aryl methyl sites for hydroxylation is 1. The third-order valence-electron chi connectivity index (χ3n) is 4.66. The van der Waals surface area contributed by atoms with Gasteiger partial charge in [0.15, 0.2) is 0 Å². The van der Waals surface area contributed by atoms with Crippen LogP contribution in [0.25, 0.3) is 22.0 Å². The lowest BCUT2D eigenvalue weighted by Crippen LogP contribution is -2.40. The lowest BCUT2D eigenvalue weighted by Gasteiger charge is -2.21. The van der Waals surface area contributed by atoms with Gasteiger partial charge in [-0.15, -0.1) is 0 Å². The first-order valence-corrected chi connectivity index (χ1v) is 12.5. The molecule has 0 aliphatic heterocycles. The van der Waals surface area contributed by atoms with Crippen LogP contribution in [0.2, 0.25) is 19.6 Å². The van der Waals surface area contributed by atoms with Gasteiger partial charge in [0.25, 0.3) is 0 Å². The third kappa shape index (κ3) is 3.44. The fraction of sp³-hybridized carbons (Fsp3) is 0.318. The topological polar surface area (TPSA) is 12.9 Å². The first-order valence-electron chi connectivity index (χ1n) is 8.98. The molecular formula is C22H27NSi. The van der Waals surface area contributed by atoms with Crippen LogP contribution in [0.5, 0.6) is 0 Å². The van der Waals surface area contributed by atoms with Crippen molar-refractivity contribution in [3.05, 3.63) is 60.3 Å². The second kappa shape index (κ2) is 6.90. The van der Waals surface area contributed by atoms with Gasteiger partial charge in [-0.2, -0.15) is 0 Å². The molecule has 0 unspecified atom stereocenters. The van der Waals surface area contributed by atoms with E-state index in [0.717, 1.165) is 12.1 Å². The zero-order chi connectivity index (χ0) is 17.2. The smallest absolute Gasteiger partial charge is 0.0799 e. The maximum atomic E-state index is 4.87. The van der Waals surface area contributed by atoms with Crippen molar-refractivity contribution in [3.8, 4) is 11.3 Å². The van der Waals surface area contributed by atoms with E-state index in [2.05, 4.69) is 81.3 Å². The molecule has 0 spiro atoms. The molecule has 0 saturated carbocycles. The Balaban J connectivity index is 2.14. The maximum Gasteiger partial charge on any atom is 0.0799 e. The monoisotopic (exact) mass is 333 g/mol. The average Bonchev–Trinajstić information content (AvgIpc) is 2.58. The van der Waals surface area contributed by atoms with Crippen molar-refractivity contribution in [2.75, 3.05) is 0 Å². The summed E-state index contributed by atoms with van der Waals surface area (Å²) < 4.78 is 0. The minimum Gasteiger partial charge on any atom is -0.256 e. The summed E-state index contributed by atoms with van der Waals surface area (Å²) in [6, 6.07) is 17.4. The van der Waals surface area contributed by atoms with Crippen LogP contribution in [-0.4, -0.2) is 13.1 Å². The molecule has 0 saturated heterocycles. The molecule has 124 valence electrons. The molecule has 0 bridgehead atoms. The molecule has 0 radical (unpaired) electrons. The number of fused-ring (bicyclic) bond motifs is 1. The predicted octanol–water partition coefficient (Wildman–Crippen LogP) is 5.79. The van der Waals surface area contributed by atoms with Crippen molar-refractivity contribution in [1.82, 2.24) is 4.98 Å². The number of benzene rings is 2. The summed E-state index contributed by atoms with van der Waals surface area (Å²) >= 11 is 0. The van der Waals surface area contributed by atoms with Crippen LogP contribution in [-0.2, 0) is 6.42 Å². The summed E-state index contributed by atoms with van der Waals surface area (Å²) in [6.07, 6.45) is 5.80. The van der Waals surface area contributed by atoms with Crippen LogP contribution in [0.3, 0.4) is 0 Å². The van der Waals surface area contributed by atoms with E-state index < -0.39 is 8.07 Å². The number of rotatable bonds is 5. The Bertz CT molecular complexity index is 841. The molecule has 3 aromatic rings. The van der Waals surface area contributed by atoms with Crippen LogP contribution in [0.4, 0.5) is 0 Å². The van der Waals surface area contributed by atoms with Gasteiger partial charge < -0.3 is 0 Å². The van der Waals surface area contributed by atoms with Gasteiger partial charge in [0.2, 0.25) is 0 Å². The molecule has 1 aromatic heterocycles. The average molecular weight is 334 g/mol. The van der Waals surface area contributed by atoms with Crippen molar-refractivity contribution < 1.29 is 0 Å². The zero-order valence-electron chi connectivity index (χ0n) is 15.3. The molecule has 2 aromatic carbocycles. The third-order valence-corrected chi connectivity index (χ3v) is 6.73. The number of hydrogen-bond acceptors (Lipinski definition) is 1. The molecule has 0 atom stereocenters. The minimum atomic E-state index is -1.37. The summed E-state index contributed by atoms with van der Waals surface area (Å²) in [4.78, 5) is 4.87. The number of hydrogen-bond donors (Lipinski definition) is 0. The van der Waals surface area contributed by atoms with Gasteiger partial charge in [-0.05, 0) is 40.4 Å². The Morgan fingerprint density at radius 1 is 0.958 bits per heavy atom. The Morgan fingerprint density at radius 2 is 1.71 bits per heavy atom. The van der Waals surface area contributed by atoms with Gasteiger partial charge in [-0.3, -0.25) is 4.98 Å². The lowest BCUT2D eigenvalue weighted by atomic mass is 10.00. The van der Waals surface area contributed by atoms with E-state index in [0.29, 0.717) is 0 Å². The number of aromatic nitrogens is 1. The van der Waals surface area contributed by atoms with Crippen molar-refractivity contribution >= 4 is 24.0 Å². The molecule has 0 N–H and O–H groups in total. The Morgan fingerprint density at radius 3 is 2.46 bits per heavy atom. The molecule has 1 heterocycles. The van der Waals surface area contributed by atoms with Crippen LogP contribution in [0, 0.1) is 0 Å². The Labute approximate surface area is 146 Å². The minimum absolute atomic E-state index is 1.11. The quantitative estimate of drug-likeness (QED) is 0.539. The van der Waals surface area contributed by atoms with Gasteiger partial charge >= 0.3 is 0 Å². The highest BCUT2D eigenvalue weighted by molar-refractivity contribution is 6.89. The van der Waals surface area contributed by atoms with Crippen LogP contribution < -0.4 is 5.19 Å².